The molecule has 5 heteroatoms. The highest BCUT2D eigenvalue weighted by Gasteiger charge is 2.23. The third-order valence-corrected chi connectivity index (χ3v) is 3.06. The van der Waals surface area contributed by atoms with Gasteiger partial charge in [0, 0.05) is 5.56 Å². The zero-order valence-corrected chi connectivity index (χ0v) is 11.9. The van der Waals surface area contributed by atoms with E-state index in [1.807, 2.05) is 36.4 Å². The summed E-state index contributed by atoms with van der Waals surface area (Å²) in [6.45, 7) is 3.65. The Morgan fingerprint density at radius 2 is 2.05 bits per heavy atom. The molecule has 0 saturated heterocycles. The SMILES string of the molecule is CCOC(=O)c1c(C)nc(N)c(C#N)c1-c1ccccc1. The van der Waals surface area contributed by atoms with Crippen LogP contribution in [0, 0.1) is 18.3 Å². The molecule has 0 aliphatic rings. The smallest absolute Gasteiger partial charge is 0.340 e. The molecule has 1 aromatic carbocycles. The summed E-state index contributed by atoms with van der Waals surface area (Å²) in [6, 6.07) is 11.2. The minimum absolute atomic E-state index is 0.113. The average Bonchev–Trinajstić information content (AvgIpc) is 2.47. The van der Waals surface area contributed by atoms with Gasteiger partial charge < -0.3 is 10.5 Å². The van der Waals surface area contributed by atoms with Crippen molar-refractivity contribution in [3.8, 4) is 17.2 Å². The Balaban J connectivity index is 2.81. The summed E-state index contributed by atoms with van der Waals surface area (Å²) in [6.07, 6.45) is 0. The molecule has 0 spiro atoms. The number of nitrogens with zero attached hydrogens (tertiary/aromatic N) is 2. The molecule has 0 aliphatic heterocycles. The van der Waals surface area contributed by atoms with Crippen LogP contribution in [-0.4, -0.2) is 17.6 Å². The molecule has 0 saturated carbocycles. The number of benzene rings is 1. The van der Waals surface area contributed by atoms with Gasteiger partial charge in [-0.1, -0.05) is 30.3 Å². The Morgan fingerprint density at radius 1 is 1.38 bits per heavy atom. The van der Waals surface area contributed by atoms with Gasteiger partial charge in [0.1, 0.15) is 17.5 Å². The van der Waals surface area contributed by atoms with Crippen molar-refractivity contribution in [2.24, 2.45) is 0 Å². The Kier molecular flexibility index (Phi) is 4.19. The van der Waals surface area contributed by atoms with Gasteiger partial charge in [-0.15, -0.1) is 0 Å². The Morgan fingerprint density at radius 3 is 2.62 bits per heavy atom. The van der Waals surface area contributed by atoms with E-state index in [0.29, 0.717) is 11.3 Å². The van der Waals surface area contributed by atoms with Gasteiger partial charge in [-0.2, -0.15) is 5.26 Å². The Labute approximate surface area is 123 Å². The van der Waals surface area contributed by atoms with Crippen molar-refractivity contribution in [2.45, 2.75) is 13.8 Å². The number of nitrogen functional groups attached to an aromatic ring is 1. The first-order valence-corrected chi connectivity index (χ1v) is 6.52. The van der Waals surface area contributed by atoms with E-state index in [9.17, 15) is 10.1 Å². The van der Waals surface area contributed by atoms with Crippen molar-refractivity contribution >= 4 is 11.8 Å². The Bertz CT molecular complexity index is 719. The minimum atomic E-state index is -0.502. The lowest BCUT2D eigenvalue weighted by Crippen LogP contribution is -2.13. The molecule has 1 heterocycles. The molecule has 0 aliphatic carbocycles. The number of hydrogen-bond acceptors (Lipinski definition) is 5. The molecule has 0 radical (unpaired) electrons. The maximum absolute atomic E-state index is 12.2. The third-order valence-electron chi connectivity index (χ3n) is 3.06. The first-order chi connectivity index (χ1) is 10.1. The zero-order chi connectivity index (χ0) is 15.4. The quantitative estimate of drug-likeness (QED) is 0.874. The van der Waals surface area contributed by atoms with Crippen LogP contribution in [0.2, 0.25) is 0 Å². The van der Waals surface area contributed by atoms with Gasteiger partial charge in [-0.05, 0) is 19.4 Å². The van der Waals surface area contributed by atoms with Crippen LogP contribution in [-0.2, 0) is 4.74 Å². The van der Waals surface area contributed by atoms with E-state index in [4.69, 9.17) is 10.5 Å². The largest absolute Gasteiger partial charge is 0.462 e. The highest BCUT2D eigenvalue weighted by molar-refractivity contribution is 6.01. The van der Waals surface area contributed by atoms with Crippen molar-refractivity contribution in [3.05, 3.63) is 47.2 Å². The molecule has 5 nitrogen and oxygen atoms in total. The van der Waals surface area contributed by atoms with E-state index < -0.39 is 5.97 Å². The summed E-state index contributed by atoms with van der Waals surface area (Å²) in [5.41, 5.74) is 7.96. The van der Waals surface area contributed by atoms with Crippen LogP contribution in [0.15, 0.2) is 30.3 Å². The number of anilines is 1. The first kappa shape index (κ1) is 14.5. The number of aromatic nitrogens is 1. The van der Waals surface area contributed by atoms with Gasteiger partial charge in [-0.3, -0.25) is 0 Å². The van der Waals surface area contributed by atoms with Crippen LogP contribution < -0.4 is 5.73 Å². The summed E-state index contributed by atoms with van der Waals surface area (Å²) >= 11 is 0. The molecular weight excluding hydrogens is 266 g/mol. The fourth-order valence-corrected chi connectivity index (χ4v) is 2.19. The zero-order valence-electron chi connectivity index (χ0n) is 11.9. The van der Waals surface area contributed by atoms with Crippen LogP contribution in [0.4, 0.5) is 5.82 Å². The standard InChI is InChI=1S/C16H15N3O2/c1-3-21-16(20)13-10(2)19-15(18)12(9-17)14(13)11-7-5-4-6-8-11/h4-8H,3H2,1-2H3,(H2,18,19). The fraction of sp³-hybridized carbons (Fsp3) is 0.188. The van der Waals surface area contributed by atoms with Gasteiger partial charge in [0.2, 0.25) is 0 Å². The van der Waals surface area contributed by atoms with Gasteiger partial charge in [0.05, 0.1) is 17.9 Å². The molecule has 2 rings (SSSR count). The van der Waals surface area contributed by atoms with Crippen molar-refractivity contribution in [2.75, 3.05) is 12.3 Å². The van der Waals surface area contributed by atoms with E-state index in [0.717, 1.165) is 5.56 Å². The summed E-state index contributed by atoms with van der Waals surface area (Å²) in [5.74, 6) is -0.389. The topological polar surface area (TPSA) is 89.0 Å². The highest BCUT2D eigenvalue weighted by atomic mass is 16.5. The average molecular weight is 281 g/mol. The van der Waals surface area contributed by atoms with E-state index >= 15 is 0 Å². The number of aryl methyl sites for hydroxylation is 1. The molecule has 2 aromatic rings. The lowest BCUT2D eigenvalue weighted by molar-refractivity contribution is 0.0526. The number of esters is 1. The second-order valence-electron chi connectivity index (χ2n) is 4.41. The molecular formula is C16H15N3O2. The molecule has 1 aromatic heterocycles. The van der Waals surface area contributed by atoms with Gasteiger partial charge in [0.25, 0.3) is 0 Å². The second kappa shape index (κ2) is 6.06. The molecule has 0 atom stereocenters. The molecule has 21 heavy (non-hydrogen) atoms. The fourth-order valence-electron chi connectivity index (χ4n) is 2.19. The molecule has 0 amide bonds. The minimum Gasteiger partial charge on any atom is -0.462 e. The number of rotatable bonds is 3. The van der Waals surface area contributed by atoms with Gasteiger partial charge >= 0.3 is 5.97 Å². The van der Waals surface area contributed by atoms with E-state index in [2.05, 4.69) is 4.98 Å². The highest BCUT2D eigenvalue weighted by Crippen LogP contribution is 2.32. The maximum atomic E-state index is 12.2. The van der Waals surface area contributed by atoms with Crippen molar-refractivity contribution in [1.82, 2.24) is 4.98 Å². The van der Waals surface area contributed by atoms with E-state index in [-0.39, 0.29) is 23.6 Å². The summed E-state index contributed by atoms with van der Waals surface area (Å²) in [5, 5.41) is 9.37. The van der Waals surface area contributed by atoms with Gasteiger partial charge in [-0.25, -0.2) is 9.78 Å². The number of nitrogens with two attached hydrogens (primary N) is 1. The van der Waals surface area contributed by atoms with Crippen LogP contribution in [0.5, 0.6) is 0 Å². The summed E-state index contributed by atoms with van der Waals surface area (Å²) in [4.78, 5) is 16.3. The first-order valence-electron chi connectivity index (χ1n) is 6.52. The summed E-state index contributed by atoms with van der Waals surface area (Å²) < 4.78 is 5.08. The Hall–Kier alpha value is -2.87. The van der Waals surface area contributed by atoms with E-state index in [1.165, 1.54) is 0 Å². The predicted molar refractivity (Wildman–Crippen MR) is 79.5 cm³/mol. The van der Waals surface area contributed by atoms with Crippen LogP contribution >= 0.6 is 0 Å². The maximum Gasteiger partial charge on any atom is 0.340 e. The van der Waals surface area contributed by atoms with E-state index in [1.54, 1.807) is 13.8 Å². The normalized spacial score (nSPS) is 9.95. The van der Waals surface area contributed by atoms with Gasteiger partial charge in [0.15, 0.2) is 0 Å². The van der Waals surface area contributed by atoms with Crippen LogP contribution in [0.1, 0.15) is 28.5 Å². The molecule has 0 bridgehead atoms. The monoisotopic (exact) mass is 281 g/mol. The predicted octanol–water partition coefficient (Wildman–Crippen LogP) is 2.69. The molecule has 0 fully saturated rings. The van der Waals surface area contributed by atoms with Crippen LogP contribution in [0.3, 0.4) is 0 Å². The molecule has 0 unspecified atom stereocenters. The number of hydrogen-bond donors (Lipinski definition) is 1. The molecule has 106 valence electrons. The number of carbonyl (C=O) groups excluding carboxylic acids is 1. The third kappa shape index (κ3) is 2.70. The lowest BCUT2D eigenvalue weighted by Gasteiger charge is -2.14. The number of nitriles is 1. The second-order valence-corrected chi connectivity index (χ2v) is 4.41. The number of pyridine rings is 1. The van der Waals surface area contributed by atoms with Crippen molar-refractivity contribution in [1.29, 1.82) is 5.26 Å². The lowest BCUT2D eigenvalue weighted by atomic mass is 9.94. The van der Waals surface area contributed by atoms with Crippen molar-refractivity contribution < 1.29 is 9.53 Å². The number of ether oxygens (including phenoxy) is 1. The van der Waals surface area contributed by atoms with Crippen molar-refractivity contribution in [3.63, 3.8) is 0 Å². The summed E-state index contributed by atoms with van der Waals surface area (Å²) in [7, 11) is 0. The molecule has 2 N–H and O–H groups in total. The van der Waals surface area contributed by atoms with Crippen LogP contribution in [0.25, 0.3) is 11.1 Å². The number of carbonyl (C=O) groups is 1.